The molecule has 12 heteroatoms. The number of piperidine rings is 1. The van der Waals surface area contributed by atoms with Crippen molar-refractivity contribution in [1.29, 1.82) is 5.26 Å². The van der Waals surface area contributed by atoms with Crippen molar-refractivity contribution in [2.45, 2.75) is 19.4 Å². The third kappa shape index (κ3) is 6.13. The second kappa shape index (κ2) is 12.2. The zero-order chi connectivity index (χ0) is 25.3. The molecule has 1 amide bonds. The van der Waals surface area contributed by atoms with E-state index in [-0.39, 0.29) is 42.1 Å². The molecule has 6 nitrogen and oxygen atoms in total. The summed E-state index contributed by atoms with van der Waals surface area (Å²) in [4.78, 5) is 19.0. The lowest BCUT2D eigenvalue weighted by atomic mass is 9.96. The van der Waals surface area contributed by atoms with Crippen LogP contribution < -0.4 is 16.0 Å². The first kappa shape index (κ1) is 29.8. The molecule has 0 saturated carbocycles. The molecule has 2 aromatic carbocycles. The van der Waals surface area contributed by atoms with Crippen LogP contribution >= 0.6 is 24.8 Å². The lowest BCUT2D eigenvalue weighted by Gasteiger charge is -2.37. The maximum Gasteiger partial charge on any atom is 0.258 e. The van der Waals surface area contributed by atoms with Gasteiger partial charge >= 0.3 is 0 Å². The number of carbonyl (C=O) groups is 1. The minimum atomic E-state index is -1.44. The van der Waals surface area contributed by atoms with Gasteiger partial charge in [-0.05, 0) is 42.7 Å². The number of halogens is 6. The molecule has 196 valence electrons. The Morgan fingerprint density at radius 1 is 1.08 bits per heavy atom. The Bertz CT molecular complexity index is 1320. The Morgan fingerprint density at radius 3 is 2.38 bits per heavy atom. The summed E-state index contributed by atoms with van der Waals surface area (Å²) in [5, 5.41) is 11.4. The van der Waals surface area contributed by atoms with Gasteiger partial charge in [-0.1, -0.05) is 6.92 Å². The summed E-state index contributed by atoms with van der Waals surface area (Å²) < 4.78 is 58.9. The van der Waals surface area contributed by atoms with E-state index >= 15 is 4.39 Å². The van der Waals surface area contributed by atoms with E-state index < -0.39 is 45.9 Å². The average Bonchev–Trinajstić information content (AvgIpc) is 2.80. The van der Waals surface area contributed by atoms with E-state index in [4.69, 9.17) is 11.0 Å². The molecule has 1 aliphatic heterocycles. The number of hydrogen-bond acceptors (Lipinski definition) is 5. The molecule has 1 fully saturated rings. The molecule has 0 aliphatic carbocycles. The number of nitrogens with zero attached hydrogens (tertiary/aromatic N) is 3. The van der Waals surface area contributed by atoms with Crippen molar-refractivity contribution in [3.8, 4) is 17.2 Å². The minimum absolute atomic E-state index is 0. The third-order valence-electron chi connectivity index (χ3n) is 5.84. The van der Waals surface area contributed by atoms with Gasteiger partial charge in [0.1, 0.15) is 23.3 Å². The van der Waals surface area contributed by atoms with Crippen LogP contribution in [0.4, 0.5) is 28.9 Å². The molecular weight excluding hydrogens is 533 g/mol. The molecule has 1 saturated heterocycles. The van der Waals surface area contributed by atoms with Crippen LogP contribution in [0.25, 0.3) is 11.1 Å². The molecule has 3 aromatic rings. The summed E-state index contributed by atoms with van der Waals surface area (Å²) in [5.74, 6) is -6.01. The first-order valence-corrected chi connectivity index (χ1v) is 10.8. The molecule has 0 radical (unpaired) electrons. The van der Waals surface area contributed by atoms with E-state index in [1.54, 1.807) is 18.3 Å². The summed E-state index contributed by atoms with van der Waals surface area (Å²) in [6.45, 7) is 3.29. The maximum absolute atomic E-state index is 15.3. The number of benzene rings is 2. The largest absolute Gasteiger partial charge is 0.368 e. The van der Waals surface area contributed by atoms with Crippen molar-refractivity contribution in [3.63, 3.8) is 0 Å². The van der Waals surface area contributed by atoms with Crippen LogP contribution in [0.3, 0.4) is 0 Å². The van der Waals surface area contributed by atoms with Gasteiger partial charge in [0.15, 0.2) is 0 Å². The fraction of sp³-hybridized carbons (Fsp3) is 0.240. The predicted molar refractivity (Wildman–Crippen MR) is 137 cm³/mol. The van der Waals surface area contributed by atoms with Crippen molar-refractivity contribution < 1.29 is 22.4 Å². The number of nitrogens with two attached hydrogens (primary N) is 1. The standard InChI is InChI=1S/C25H21F4N5O.2ClH/c1-13-6-15(31)12-34(11-13)21-4-5-32-10-20(21)33-25(35)16-2-3-17(26)23(24(16)29)22-18(27)7-14(9-30)8-19(22)28;;/h2-5,7-8,10,13,15H,6,11-12,31H2,1H3,(H,33,35);2*1H/t13-,15+;;/m1../s1. The number of carbonyl (C=O) groups excluding carboxylic acids is 1. The summed E-state index contributed by atoms with van der Waals surface area (Å²) in [5.41, 5.74) is 4.02. The maximum atomic E-state index is 15.3. The van der Waals surface area contributed by atoms with Crippen LogP contribution in [0, 0.1) is 40.5 Å². The van der Waals surface area contributed by atoms with Gasteiger partial charge in [0.25, 0.3) is 5.91 Å². The van der Waals surface area contributed by atoms with E-state index in [9.17, 15) is 18.0 Å². The van der Waals surface area contributed by atoms with Crippen LogP contribution in [-0.2, 0) is 0 Å². The summed E-state index contributed by atoms with van der Waals surface area (Å²) in [6, 6.07) is 6.15. The number of pyridine rings is 1. The van der Waals surface area contributed by atoms with Crippen molar-refractivity contribution in [2.75, 3.05) is 23.3 Å². The van der Waals surface area contributed by atoms with Crippen LogP contribution in [0.15, 0.2) is 42.7 Å². The number of rotatable bonds is 4. The SMILES string of the molecule is C[C@@H]1C[C@H](N)CN(c2ccncc2NC(=O)c2ccc(F)c(-c3c(F)cc(C#N)cc3F)c2F)C1.Cl.Cl. The topological polar surface area (TPSA) is 95.0 Å². The van der Waals surface area contributed by atoms with Crippen LogP contribution in [0.2, 0.25) is 0 Å². The Kier molecular flexibility index (Phi) is 9.87. The Morgan fingerprint density at radius 2 is 1.76 bits per heavy atom. The second-order valence-corrected chi connectivity index (χ2v) is 8.56. The molecule has 1 aliphatic rings. The number of nitriles is 1. The highest BCUT2D eigenvalue weighted by molar-refractivity contribution is 6.06. The Balaban J connectivity index is 0.00000241. The van der Waals surface area contributed by atoms with Gasteiger partial charge in [-0.3, -0.25) is 9.78 Å². The quantitative estimate of drug-likeness (QED) is 0.417. The first-order chi connectivity index (χ1) is 16.7. The van der Waals surface area contributed by atoms with Crippen LogP contribution in [0.1, 0.15) is 29.3 Å². The minimum Gasteiger partial charge on any atom is -0.368 e. The summed E-state index contributed by atoms with van der Waals surface area (Å²) in [6.07, 6.45) is 3.79. The van der Waals surface area contributed by atoms with E-state index in [2.05, 4.69) is 17.2 Å². The van der Waals surface area contributed by atoms with Gasteiger partial charge in [0, 0.05) is 25.3 Å². The van der Waals surface area contributed by atoms with Gasteiger partial charge in [-0.15, -0.1) is 24.8 Å². The van der Waals surface area contributed by atoms with Gasteiger partial charge in [-0.2, -0.15) is 5.26 Å². The number of hydrogen-bond donors (Lipinski definition) is 2. The fourth-order valence-corrected chi connectivity index (χ4v) is 4.38. The number of anilines is 2. The molecule has 3 N–H and O–H groups in total. The molecule has 0 spiro atoms. The number of nitrogens with one attached hydrogen (secondary N) is 1. The predicted octanol–water partition coefficient (Wildman–Crippen LogP) is 5.45. The highest BCUT2D eigenvalue weighted by Gasteiger charge is 2.27. The zero-order valence-electron chi connectivity index (χ0n) is 19.5. The van der Waals surface area contributed by atoms with Gasteiger partial charge in [0.2, 0.25) is 0 Å². The first-order valence-electron chi connectivity index (χ1n) is 10.8. The highest BCUT2D eigenvalue weighted by Crippen LogP contribution is 2.34. The van der Waals surface area contributed by atoms with Crippen molar-refractivity contribution in [1.82, 2.24) is 4.98 Å². The normalized spacial score (nSPS) is 16.7. The fourth-order valence-electron chi connectivity index (χ4n) is 4.38. The molecule has 4 rings (SSSR count). The van der Waals surface area contributed by atoms with E-state index in [0.717, 1.165) is 18.6 Å². The zero-order valence-corrected chi connectivity index (χ0v) is 21.1. The number of amides is 1. The lowest BCUT2D eigenvalue weighted by molar-refractivity contribution is 0.102. The number of aromatic nitrogens is 1. The molecule has 1 aromatic heterocycles. The summed E-state index contributed by atoms with van der Waals surface area (Å²) >= 11 is 0. The van der Waals surface area contributed by atoms with Gasteiger partial charge in [-0.25, -0.2) is 17.6 Å². The molecule has 2 heterocycles. The Hall–Kier alpha value is -3.39. The van der Waals surface area contributed by atoms with Crippen LogP contribution in [-0.4, -0.2) is 30.0 Å². The smallest absolute Gasteiger partial charge is 0.258 e. The Labute approximate surface area is 223 Å². The highest BCUT2D eigenvalue weighted by atomic mass is 35.5. The third-order valence-corrected chi connectivity index (χ3v) is 5.84. The van der Waals surface area contributed by atoms with E-state index in [1.807, 2.05) is 4.90 Å². The van der Waals surface area contributed by atoms with Crippen molar-refractivity contribution in [2.24, 2.45) is 11.7 Å². The van der Waals surface area contributed by atoms with Crippen molar-refractivity contribution in [3.05, 3.63) is 77.1 Å². The van der Waals surface area contributed by atoms with Gasteiger partial charge in [0.05, 0.1) is 45.9 Å². The average molecular weight is 556 g/mol. The summed E-state index contributed by atoms with van der Waals surface area (Å²) in [7, 11) is 0. The second-order valence-electron chi connectivity index (χ2n) is 8.56. The van der Waals surface area contributed by atoms with Crippen LogP contribution in [0.5, 0.6) is 0 Å². The molecule has 2 atom stereocenters. The molecular formula is C25H23Cl2F4N5O. The molecule has 0 unspecified atom stereocenters. The molecule has 37 heavy (non-hydrogen) atoms. The lowest BCUT2D eigenvalue weighted by Crippen LogP contribution is -2.46. The van der Waals surface area contributed by atoms with E-state index in [1.165, 1.54) is 6.20 Å². The molecule has 0 bridgehead atoms. The monoisotopic (exact) mass is 555 g/mol. The van der Waals surface area contributed by atoms with Crippen molar-refractivity contribution >= 4 is 42.1 Å². The van der Waals surface area contributed by atoms with Gasteiger partial charge < -0.3 is 16.0 Å². The van der Waals surface area contributed by atoms with E-state index in [0.29, 0.717) is 36.8 Å².